The summed E-state index contributed by atoms with van der Waals surface area (Å²) in [5.74, 6) is 0. The van der Waals surface area contributed by atoms with E-state index in [1.807, 2.05) is 11.6 Å². The highest BCUT2D eigenvalue weighted by atomic mass is 32.1. The Hall–Kier alpha value is -0.0600. The van der Waals surface area contributed by atoms with Crippen molar-refractivity contribution in [3.05, 3.63) is 11.6 Å². The van der Waals surface area contributed by atoms with E-state index in [-0.39, 0.29) is 0 Å². The molecule has 0 spiro atoms. The molecule has 0 unspecified atom stereocenters. The van der Waals surface area contributed by atoms with Gasteiger partial charge in [0.25, 0.3) is 5.13 Å². The van der Waals surface area contributed by atoms with Gasteiger partial charge in [-0.05, 0) is 19.3 Å². The Morgan fingerprint density at radius 2 is 2.08 bits per heavy atom. The summed E-state index contributed by atoms with van der Waals surface area (Å²) >= 11 is 7.24. The van der Waals surface area contributed by atoms with Gasteiger partial charge in [0, 0.05) is 11.6 Å². The standard InChI is InChI=1S/C8H12N2S2/c11-10(5-2-1-3-6-10)8-9-4-7-12-8/h4,7H,1-3,5-6H2. The van der Waals surface area contributed by atoms with Gasteiger partial charge in [-0.1, -0.05) is 11.3 Å². The fourth-order valence-corrected chi connectivity index (χ4v) is 2.81. The lowest BCUT2D eigenvalue weighted by molar-refractivity contribution is 0.376. The topological polar surface area (TPSA) is 12.9 Å². The first-order chi connectivity index (χ1) is 5.81. The summed E-state index contributed by atoms with van der Waals surface area (Å²) in [6, 6.07) is 0. The van der Waals surface area contributed by atoms with Crippen LogP contribution >= 0.6 is 11.3 Å². The number of piperidine rings is 1. The first-order valence-corrected chi connectivity index (χ1v) is 5.54. The van der Waals surface area contributed by atoms with E-state index in [0.717, 1.165) is 18.2 Å². The van der Waals surface area contributed by atoms with Crippen LogP contribution in [0.15, 0.2) is 11.6 Å². The normalized spacial score (nSPS) is 22.4. The van der Waals surface area contributed by atoms with Crippen LogP contribution < -0.4 is 3.89 Å². The minimum atomic E-state index is 0.650. The van der Waals surface area contributed by atoms with Gasteiger partial charge in [-0.2, -0.15) is 4.98 Å². The number of thiazole rings is 1. The van der Waals surface area contributed by atoms with Crippen LogP contribution in [0.2, 0.25) is 0 Å². The smallest absolute Gasteiger partial charge is 0.267 e. The maximum atomic E-state index is 5.56. The zero-order valence-corrected chi connectivity index (χ0v) is 8.53. The molecule has 1 aromatic rings. The molecule has 66 valence electrons. The first kappa shape index (κ1) is 8.53. The molecule has 4 heteroatoms. The largest absolute Gasteiger partial charge is 0.485 e. The maximum Gasteiger partial charge on any atom is 0.267 e. The Morgan fingerprint density at radius 3 is 2.67 bits per heavy atom. The summed E-state index contributed by atoms with van der Waals surface area (Å²) in [6.45, 7) is 2.17. The van der Waals surface area contributed by atoms with Gasteiger partial charge in [-0.25, -0.2) is 0 Å². The predicted octanol–water partition coefficient (Wildman–Crippen LogP) is 2.10. The second kappa shape index (κ2) is 3.36. The Bertz CT molecular complexity index is 240. The number of rotatable bonds is 1. The highest BCUT2D eigenvalue weighted by Gasteiger charge is 2.23. The second-order valence-corrected chi connectivity index (χ2v) is 4.78. The van der Waals surface area contributed by atoms with Crippen LogP contribution in [-0.4, -0.2) is 18.1 Å². The molecule has 0 atom stereocenters. The molecular weight excluding hydrogens is 188 g/mol. The third kappa shape index (κ3) is 1.51. The third-order valence-electron chi connectivity index (χ3n) is 2.31. The Balaban J connectivity index is 2.19. The molecule has 0 bridgehead atoms. The summed E-state index contributed by atoms with van der Waals surface area (Å²) < 4.78 is 0.650. The Labute approximate surface area is 82.4 Å². The van der Waals surface area contributed by atoms with Crippen molar-refractivity contribution >= 4 is 29.3 Å². The van der Waals surface area contributed by atoms with E-state index in [1.165, 1.54) is 19.3 Å². The zero-order chi connectivity index (χ0) is 8.44. The number of hydrogen-bond donors (Lipinski definition) is 0. The number of aromatic nitrogens is 1. The monoisotopic (exact) mass is 200 g/mol. The van der Waals surface area contributed by atoms with Crippen LogP contribution in [0.1, 0.15) is 19.3 Å². The lowest BCUT2D eigenvalue weighted by Gasteiger charge is -2.44. The molecule has 0 amide bonds. The van der Waals surface area contributed by atoms with Gasteiger partial charge >= 0.3 is 0 Å². The highest BCUT2D eigenvalue weighted by molar-refractivity contribution is 7.58. The van der Waals surface area contributed by atoms with Crippen LogP contribution in [-0.2, 0) is 12.8 Å². The van der Waals surface area contributed by atoms with E-state index in [2.05, 4.69) is 4.98 Å². The maximum absolute atomic E-state index is 5.56. The van der Waals surface area contributed by atoms with E-state index < -0.39 is 0 Å². The molecule has 1 saturated heterocycles. The van der Waals surface area contributed by atoms with Crippen molar-refractivity contribution in [1.82, 2.24) is 8.87 Å². The molecule has 12 heavy (non-hydrogen) atoms. The van der Waals surface area contributed by atoms with Crippen molar-refractivity contribution in [1.29, 1.82) is 0 Å². The van der Waals surface area contributed by atoms with Gasteiger partial charge < -0.3 is 16.7 Å². The van der Waals surface area contributed by atoms with Gasteiger partial charge in [0.15, 0.2) is 0 Å². The minimum absolute atomic E-state index is 0.650. The first-order valence-electron chi connectivity index (χ1n) is 4.29. The number of hydrogen-bond acceptors (Lipinski definition) is 3. The molecule has 0 radical (unpaired) electrons. The molecule has 1 aliphatic heterocycles. The molecular formula is C8H12N2S2. The van der Waals surface area contributed by atoms with Gasteiger partial charge in [-0.3, -0.25) is 0 Å². The van der Waals surface area contributed by atoms with E-state index in [1.54, 1.807) is 11.3 Å². The summed E-state index contributed by atoms with van der Waals surface area (Å²) in [6.07, 6.45) is 5.69. The summed E-state index contributed by atoms with van der Waals surface area (Å²) in [5, 5.41) is 3.11. The van der Waals surface area contributed by atoms with Crippen molar-refractivity contribution in [2.24, 2.45) is 0 Å². The van der Waals surface area contributed by atoms with Gasteiger partial charge in [0.1, 0.15) is 0 Å². The van der Waals surface area contributed by atoms with E-state index >= 15 is 0 Å². The minimum Gasteiger partial charge on any atom is -0.485 e. The van der Waals surface area contributed by atoms with Crippen LogP contribution in [0.5, 0.6) is 0 Å². The molecule has 2 nitrogen and oxygen atoms in total. The van der Waals surface area contributed by atoms with Gasteiger partial charge in [-0.15, -0.1) is 0 Å². The van der Waals surface area contributed by atoms with Crippen LogP contribution in [0, 0.1) is 0 Å². The predicted molar refractivity (Wildman–Crippen MR) is 54.9 cm³/mol. The lowest BCUT2D eigenvalue weighted by atomic mass is 10.1. The molecule has 0 saturated carbocycles. The van der Waals surface area contributed by atoms with E-state index in [9.17, 15) is 0 Å². The number of nitrogens with zero attached hydrogens (tertiary/aromatic N) is 2. The molecule has 1 fully saturated rings. The number of quaternary nitrogens is 1. The SMILES string of the molecule is [S-][N+]1(c2nccs2)CCCCC1. The van der Waals surface area contributed by atoms with Crippen molar-refractivity contribution < 1.29 is 0 Å². The van der Waals surface area contributed by atoms with Gasteiger partial charge in [0.2, 0.25) is 0 Å². The van der Waals surface area contributed by atoms with Crippen molar-refractivity contribution in [3.8, 4) is 0 Å². The quantitative estimate of drug-likeness (QED) is 0.508. The third-order valence-corrected chi connectivity index (χ3v) is 3.88. The Kier molecular flexibility index (Phi) is 2.39. The van der Waals surface area contributed by atoms with Crippen LogP contribution in [0.25, 0.3) is 0 Å². The zero-order valence-electron chi connectivity index (χ0n) is 6.90. The molecule has 2 rings (SSSR count). The lowest BCUT2D eigenvalue weighted by Crippen LogP contribution is -2.47. The van der Waals surface area contributed by atoms with E-state index in [0.29, 0.717) is 3.89 Å². The van der Waals surface area contributed by atoms with Crippen molar-refractivity contribution in [2.75, 3.05) is 13.1 Å². The van der Waals surface area contributed by atoms with E-state index in [4.69, 9.17) is 12.8 Å². The fourth-order valence-electron chi connectivity index (χ4n) is 1.63. The molecule has 1 aromatic heterocycles. The molecule has 0 aliphatic carbocycles. The molecule has 0 N–H and O–H groups in total. The van der Waals surface area contributed by atoms with Crippen molar-refractivity contribution in [3.63, 3.8) is 0 Å². The second-order valence-electron chi connectivity index (χ2n) is 3.21. The molecule has 2 heterocycles. The molecule has 1 aliphatic rings. The van der Waals surface area contributed by atoms with Crippen LogP contribution in [0.3, 0.4) is 0 Å². The Morgan fingerprint density at radius 1 is 1.33 bits per heavy atom. The molecule has 0 aromatic carbocycles. The highest BCUT2D eigenvalue weighted by Crippen LogP contribution is 2.28. The fraction of sp³-hybridized carbons (Fsp3) is 0.625. The van der Waals surface area contributed by atoms with Crippen molar-refractivity contribution in [2.45, 2.75) is 19.3 Å². The summed E-state index contributed by atoms with van der Waals surface area (Å²) in [4.78, 5) is 4.30. The van der Waals surface area contributed by atoms with Gasteiger partial charge in [0.05, 0.1) is 13.1 Å². The average molecular weight is 200 g/mol. The average Bonchev–Trinajstić information content (AvgIpc) is 2.58. The summed E-state index contributed by atoms with van der Waals surface area (Å²) in [7, 11) is 0. The summed E-state index contributed by atoms with van der Waals surface area (Å²) in [5.41, 5.74) is 0. The van der Waals surface area contributed by atoms with Crippen LogP contribution in [0.4, 0.5) is 5.13 Å².